The van der Waals surface area contributed by atoms with Crippen molar-refractivity contribution in [3.63, 3.8) is 0 Å². The highest BCUT2D eigenvalue weighted by Crippen LogP contribution is 2.28. The average Bonchev–Trinajstić information content (AvgIpc) is 2.52. The van der Waals surface area contributed by atoms with Crippen LogP contribution in [0.4, 0.5) is 11.4 Å². The summed E-state index contributed by atoms with van der Waals surface area (Å²) in [5, 5.41) is 11.1. The Labute approximate surface area is 128 Å². The summed E-state index contributed by atoms with van der Waals surface area (Å²) in [4.78, 5) is 24.2. The smallest absolute Gasteiger partial charge is 0.338 e. The average molecular weight is 300 g/mol. The minimum atomic E-state index is -0.586. The van der Waals surface area contributed by atoms with E-state index in [1.807, 2.05) is 30.3 Å². The van der Waals surface area contributed by atoms with Crippen molar-refractivity contribution >= 4 is 17.3 Å². The summed E-state index contributed by atoms with van der Waals surface area (Å²) in [7, 11) is 3.41. The molecule has 0 bridgehead atoms. The van der Waals surface area contributed by atoms with Gasteiger partial charge in [0.2, 0.25) is 0 Å². The van der Waals surface area contributed by atoms with E-state index in [2.05, 4.69) is 0 Å². The predicted octanol–water partition coefficient (Wildman–Crippen LogP) is 3.02. The number of nitrogens with zero attached hydrogens (tertiary/aromatic N) is 2. The maximum absolute atomic E-state index is 12.0. The Morgan fingerprint density at radius 1 is 1.18 bits per heavy atom. The maximum Gasteiger partial charge on any atom is 0.338 e. The largest absolute Gasteiger partial charge is 0.457 e. The molecule has 0 fully saturated rings. The summed E-state index contributed by atoms with van der Waals surface area (Å²) >= 11 is 0. The van der Waals surface area contributed by atoms with Crippen LogP contribution in [-0.4, -0.2) is 25.0 Å². The summed E-state index contributed by atoms with van der Waals surface area (Å²) in [5.41, 5.74) is 1.33. The predicted molar refractivity (Wildman–Crippen MR) is 83.0 cm³/mol. The number of nitro benzene ring substituents is 1. The van der Waals surface area contributed by atoms with Crippen LogP contribution >= 0.6 is 0 Å². The van der Waals surface area contributed by atoms with Gasteiger partial charge in [-0.1, -0.05) is 30.3 Å². The molecule has 0 saturated heterocycles. The second-order valence-corrected chi connectivity index (χ2v) is 4.92. The number of ether oxygens (including phenoxy) is 1. The summed E-state index contributed by atoms with van der Waals surface area (Å²) in [6, 6.07) is 13.5. The van der Waals surface area contributed by atoms with Crippen LogP contribution in [0.5, 0.6) is 0 Å². The lowest BCUT2D eigenvalue weighted by molar-refractivity contribution is -0.384. The number of hydrogen-bond acceptors (Lipinski definition) is 5. The topological polar surface area (TPSA) is 72.7 Å². The molecule has 0 amide bonds. The number of carbonyl (C=O) groups excluding carboxylic acids is 1. The summed E-state index contributed by atoms with van der Waals surface area (Å²) in [5.74, 6) is -0.586. The zero-order valence-electron chi connectivity index (χ0n) is 12.4. The molecule has 0 saturated carbocycles. The zero-order valence-corrected chi connectivity index (χ0v) is 12.4. The highest BCUT2D eigenvalue weighted by molar-refractivity contribution is 5.91. The number of benzene rings is 2. The number of rotatable bonds is 5. The third-order valence-electron chi connectivity index (χ3n) is 3.10. The lowest BCUT2D eigenvalue weighted by Gasteiger charge is -2.13. The van der Waals surface area contributed by atoms with E-state index in [4.69, 9.17) is 4.74 Å². The molecule has 6 nitrogen and oxygen atoms in total. The Bertz CT molecular complexity index is 684. The molecule has 0 radical (unpaired) electrons. The normalized spacial score (nSPS) is 10.1. The van der Waals surface area contributed by atoms with Crippen LogP contribution in [0.3, 0.4) is 0 Å². The number of carbonyl (C=O) groups is 1. The van der Waals surface area contributed by atoms with Crippen molar-refractivity contribution in [1.82, 2.24) is 0 Å². The van der Waals surface area contributed by atoms with Crippen LogP contribution in [0.15, 0.2) is 48.5 Å². The van der Waals surface area contributed by atoms with Crippen LogP contribution in [0.25, 0.3) is 0 Å². The van der Waals surface area contributed by atoms with Gasteiger partial charge in [-0.05, 0) is 17.7 Å². The zero-order chi connectivity index (χ0) is 16.1. The summed E-state index contributed by atoms with van der Waals surface area (Å²) in [6.07, 6.45) is 0. The molecular formula is C16H16N2O4. The quantitative estimate of drug-likeness (QED) is 0.482. The molecule has 0 aliphatic heterocycles. The Kier molecular flexibility index (Phi) is 4.73. The standard InChI is InChI=1S/C16H16N2O4/c1-17(2)14-9-8-13(10-15(14)18(20)21)16(19)22-11-12-6-4-3-5-7-12/h3-10H,11H2,1-2H3. The molecule has 114 valence electrons. The molecule has 0 N–H and O–H groups in total. The molecule has 0 aliphatic carbocycles. The van der Waals surface area contributed by atoms with Gasteiger partial charge in [0.1, 0.15) is 12.3 Å². The second kappa shape index (κ2) is 6.71. The van der Waals surface area contributed by atoms with Gasteiger partial charge in [0, 0.05) is 20.2 Å². The highest BCUT2D eigenvalue weighted by Gasteiger charge is 2.19. The number of anilines is 1. The Morgan fingerprint density at radius 2 is 1.86 bits per heavy atom. The maximum atomic E-state index is 12.0. The second-order valence-electron chi connectivity index (χ2n) is 4.92. The van der Waals surface area contributed by atoms with Crippen molar-refractivity contribution in [2.75, 3.05) is 19.0 Å². The highest BCUT2D eigenvalue weighted by atomic mass is 16.6. The Balaban J connectivity index is 2.16. The minimum Gasteiger partial charge on any atom is -0.457 e. The van der Waals surface area contributed by atoms with Crippen molar-refractivity contribution in [1.29, 1.82) is 0 Å². The van der Waals surface area contributed by atoms with Crippen molar-refractivity contribution in [2.45, 2.75) is 6.61 Å². The first kappa shape index (κ1) is 15.5. The van der Waals surface area contributed by atoms with Gasteiger partial charge in [-0.2, -0.15) is 0 Å². The third kappa shape index (κ3) is 3.60. The van der Waals surface area contributed by atoms with Gasteiger partial charge in [0.15, 0.2) is 0 Å². The molecule has 0 aromatic heterocycles. The molecule has 6 heteroatoms. The van der Waals surface area contributed by atoms with Crippen molar-refractivity contribution in [3.8, 4) is 0 Å². The fourth-order valence-electron chi connectivity index (χ4n) is 1.98. The van der Waals surface area contributed by atoms with Gasteiger partial charge in [-0.25, -0.2) is 4.79 Å². The van der Waals surface area contributed by atoms with E-state index in [1.54, 1.807) is 19.0 Å². The van der Waals surface area contributed by atoms with E-state index in [0.717, 1.165) is 5.56 Å². The molecule has 2 aromatic carbocycles. The van der Waals surface area contributed by atoms with E-state index < -0.39 is 10.9 Å². The van der Waals surface area contributed by atoms with Gasteiger partial charge in [0.25, 0.3) is 5.69 Å². The van der Waals surface area contributed by atoms with Crippen molar-refractivity contribution in [3.05, 3.63) is 69.8 Å². The molecule has 0 aliphatic rings. The third-order valence-corrected chi connectivity index (χ3v) is 3.10. The first-order valence-corrected chi connectivity index (χ1v) is 6.66. The molecule has 22 heavy (non-hydrogen) atoms. The number of hydrogen-bond donors (Lipinski definition) is 0. The van der Waals surface area contributed by atoms with Crippen LogP contribution in [0.2, 0.25) is 0 Å². The Hall–Kier alpha value is -2.89. The van der Waals surface area contributed by atoms with Gasteiger partial charge in [-0.15, -0.1) is 0 Å². The first-order valence-electron chi connectivity index (χ1n) is 6.66. The van der Waals surface area contributed by atoms with Crippen LogP contribution < -0.4 is 4.90 Å². The molecule has 0 atom stereocenters. The molecular weight excluding hydrogens is 284 g/mol. The molecule has 2 rings (SSSR count). The van der Waals surface area contributed by atoms with Gasteiger partial charge >= 0.3 is 5.97 Å². The minimum absolute atomic E-state index is 0.126. The van der Waals surface area contributed by atoms with Crippen LogP contribution in [0, 0.1) is 10.1 Å². The van der Waals surface area contributed by atoms with Crippen LogP contribution in [-0.2, 0) is 11.3 Å². The van der Waals surface area contributed by atoms with Gasteiger partial charge in [-0.3, -0.25) is 10.1 Å². The van der Waals surface area contributed by atoms with E-state index in [1.165, 1.54) is 18.2 Å². The van der Waals surface area contributed by atoms with E-state index in [-0.39, 0.29) is 17.9 Å². The van der Waals surface area contributed by atoms with E-state index >= 15 is 0 Å². The van der Waals surface area contributed by atoms with Gasteiger partial charge in [0.05, 0.1) is 10.5 Å². The van der Waals surface area contributed by atoms with Crippen LogP contribution in [0.1, 0.15) is 15.9 Å². The number of nitro groups is 1. The lowest BCUT2D eigenvalue weighted by atomic mass is 10.1. The number of esters is 1. The Morgan fingerprint density at radius 3 is 2.45 bits per heavy atom. The van der Waals surface area contributed by atoms with Gasteiger partial charge < -0.3 is 9.64 Å². The van der Waals surface area contributed by atoms with E-state index in [0.29, 0.717) is 5.69 Å². The van der Waals surface area contributed by atoms with Crippen molar-refractivity contribution in [2.24, 2.45) is 0 Å². The summed E-state index contributed by atoms with van der Waals surface area (Å²) < 4.78 is 5.17. The summed E-state index contributed by atoms with van der Waals surface area (Å²) in [6.45, 7) is 0.128. The lowest BCUT2D eigenvalue weighted by Crippen LogP contribution is -2.12. The molecule has 0 spiro atoms. The molecule has 2 aromatic rings. The van der Waals surface area contributed by atoms with E-state index in [9.17, 15) is 14.9 Å². The first-order chi connectivity index (χ1) is 10.5. The molecule has 0 heterocycles. The van der Waals surface area contributed by atoms with Crippen molar-refractivity contribution < 1.29 is 14.5 Å². The monoisotopic (exact) mass is 300 g/mol. The molecule has 0 unspecified atom stereocenters. The fourth-order valence-corrected chi connectivity index (χ4v) is 1.98. The SMILES string of the molecule is CN(C)c1ccc(C(=O)OCc2ccccc2)cc1[N+](=O)[O-]. The fraction of sp³-hybridized carbons (Fsp3) is 0.188.